The van der Waals surface area contributed by atoms with Gasteiger partial charge in [-0.15, -0.1) is 0 Å². The van der Waals surface area contributed by atoms with E-state index in [4.69, 9.17) is 9.47 Å². The Kier molecular flexibility index (Phi) is 6.67. The van der Waals surface area contributed by atoms with Crippen LogP contribution in [0.2, 0.25) is 0 Å². The van der Waals surface area contributed by atoms with Gasteiger partial charge in [-0.1, -0.05) is 30.3 Å². The van der Waals surface area contributed by atoms with Gasteiger partial charge in [0.15, 0.2) is 0 Å². The molecule has 0 unspecified atom stereocenters. The molecule has 2 aromatic carbocycles. The average Bonchev–Trinajstić information content (AvgIpc) is 3.22. The average molecular weight is 408 g/mol. The molecule has 1 fully saturated rings. The molecule has 6 nitrogen and oxygen atoms in total. The maximum atomic E-state index is 12.6. The van der Waals surface area contributed by atoms with Crippen LogP contribution in [0.5, 0.6) is 5.75 Å². The molecular formula is C24H29N3O3. The molecule has 1 aliphatic rings. The van der Waals surface area contributed by atoms with Gasteiger partial charge in [-0.2, -0.15) is 0 Å². The monoisotopic (exact) mass is 407 g/mol. The molecule has 3 aromatic rings. The predicted octanol–water partition coefficient (Wildman–Crippen LogP) is 3.30. The number of carbonyl (C=O) groups is 1. The summed E-state index contributed by atoms with van der Waals surface area (Å²) >= 11 is 0. The predicted molar refractivity (Wildman–Crippen MR) is 118 cm³/mol. The highest BCUT2D eigenvalue weighted by Gasteiger charge is 2.23. The summed E-state index contributed by atoms with van der Waals surface area (Å²) < 4.78 is 10.8. The molecule has 6 heteroatoms. The Morgan fingerprint density at radius 2 is 1.93 bits per heavy atom. The van der Waals surface area contributed by atoms with E-state index in [0.717, 1.165) is 44.0 Å². The first-order valence-corrected chi connectivity index (χ1v) is 10.5. The van der Waals surface area contributed by atoms with Crippen molar-refractivity contribution in [2.24, 2.45) is 0 Å². The van der Waals surface area contributed by atoms with Gasteiger partial charge in [0.25, 0.3) is 0 Å². The third-order valence-electron chi connectivity index (χ3n) is 5.78. The second-order valence-electron chi connectivity index (χ2n) is 7.60. The van der Waals surface area contributed by atoms with E-state index < -0.39 is 0 Å². The molecule has 2 N–H and O–H groups in total. The van der Waals surface area contributed by atoms with Gasteiger partial charge < -0.3 is 19.8 Å². The molecule has 1 amide bonds. The number of aryl methyl sites for hydroxylation is 1. The summed E-state index contributed by atoms with van der Waals surface area (Å²) in [6.07, 6.45) is 3.20. The van der Waals surface area contributed by atoms with Crippen molar-refractivity contribution in [2.45, 2.75) is 18.9 Å². The molecule has 0 aliphatic carbocycles. The van der Waals surface area contributed by atoms with Crippen LogP contribution in [-0.4, -0.2) is 55.7 Å². The zero-order chi connectivity index (χ0) is 20.8. The van der Waals surface area contributed by atoms with Crippen LogP contribution >= 0.6 is 0 Å². The molecule has 30 heavy (non-hydrogen) atoms. The molecule has 0 saturated carbocycles. The van der Waals surface area contributed by atoms with Crippen LogP contribution < -0.4 is 10.1 Å². The molecule has 4 rings (SSSR count). The lowest BCUT2D eigenvalue weighted by Crippen LogP contribution is -2.43. The minimum Gasteiger partial charge on any atom is -0.497 e. The van der Waals surface area contributed by atoms with Crippen molar-refractivity contribution >= 4 is 16.8 Å². The zero-order valence-electron chi connectivity index (χ0n) is 17.4. The molecule has 1 aliphatic heterocycles. The summed E-state index contributed by atoms with van der Waals surface area (Å²) in [5.74, 6) is 0.911. The smallest absolute Gasteiger partial charge is 0.220 e. The van der Waals surface area contributed by atoms with E-state index >= 15 is 0 Å². The van der Waals surface area contributed by atoms with Crippen molar-refractivity contribution in [3.8, 4) is 5.75 Å². The summed E-state index contributed by atoms with van der Waals surface area (Å²) in [4.78, 5) is 18.3. The fraction of sp³-hybridized carbons (Fsp3) is 0.375. The van der Waals surface area contributed by atoms with E-state index in [1.54, 1.807) is 7.11 Å². The number of H-pyrrole nitrogens is 1. The second-order valence-corrected chi connectivity index (χ2v) is 7.60. The van der Waals surface area contributed by atoms with Crippen molar-refractivity contribution in [2.75, 3.05) is 40.0 Å². The Morgan fingerprint density at radius 3 is 2.70 bits per heavy atom. The van der Waals surface area contributed by atoms with Gasteiger partial charge in [-0.3, -0.25) is 9.69 Å². The fourth-order valence-corrected chi connectivity index (χ4v) is 4.06. The number of ether oxygens (including phenoxy) is 2. The number of hydrogen-bond donors (Lipinski definition) is 2. The molecular weight excluding hydrogens is 378 g/mol. The molecule has 0 radical (unpaired) electrons. The Hall–Kier alpha value is -2.83. The molecule has 1 atom stereocenters. The number of nitrogens with one attached hydrogen (secondary N) is 2. The lowest BCUT2D eigenvalue weighted by Gasteiger charge is -2.35. The standard InChI is InChI=1S/C24H29N3O3/c1-29-20-9-6-18(7-10-20)23(27-12-14-30-15-13-27)17-26-24(28)11-8-19-16-25-22-5-3-2-4-21(19)22/h2-7,9-10,16,23,25H,8,11-15,17H2,1H3,(H,26,28)/t23-/m1/s1. The number of rotatable bonds is 8. The van der Waals surface area contributed by atoms with Crippen LogP contribution in [0.1, 0.15) is 23.6 Å². The van der Waals surface area contributed by atoms with Crippen molar-refractivity contribution in [3.05, 3.63) is 65.9 Å². The van der Waals surface area contributed by atoms with Gasteiger partial charge in [-0.25, -0.2) is 0 Å². The Balaban J connectivity index is 1.37. The number of amides is 1. The van der Waals surface area contributed by atoms with Gasteiger partial charge in [0.2, 0.25) is 5.91 Å². The normalized spacial score (nSPS) is 15.8. The van der Waals surface area contributed by atoms with Crippen molar-refractivity contribution in [1.29, 1.82) is 0 Å². The van der Waals surface area contributed by atoms with Crippen molar-refractivity contribution < 1.29 is 14.3 Å². The van der Waals surface area contributed by atoms with E-state index in [1.165, 1.54) is 16.5 Å². The number of fused-ring (bicyclic) bond motifs is 1. The highest BCUT2D eigenvalue weighted by atomic mass is 16.5. The minimum atomic E-state index is 0.0760. The van der Waals surface area contributed by atoms with Gasteiger partial charge in [0.05, 0.1) is 26.4 Å². The summed E-state index contributed by atoms with van der Waals surface area (Å²) in [6.45, 7) is 3.76. The number of aromatic nitrogens is 1. The highest BCUT2D eigenvalue weighted by Crippen LogP contribution is 2.24. The van der Waals surface area contributed by atoms with Gasteiger partial charge >= 0.3 is 0 Å². The lowest BCUT2D eigenvalue weighted by molar-refractivity contribution is -0.121. The topological polar surface area (TPSA) is 66.6 Å². The van der Waals surface area contributed by atoms with Crippen LogP contribution in [0.15, 0.2) is 54.7 Å². The number of nitrogens with zero attached hydrogens (tertiary/aromatic N) is 1. The van der Waals surface area contributed by atoms with Crippen LogP contribution in [0, 0.1) is 0 Å². The fourth-order valence-electron chi connectivity index (χ4n) is 4.06. The first-order valence-electron chi connectivity index (χ1n) is 10.5. The van der Waals surface area contributed by atoms with Gasteiger partial charge in [0, 0.05) is 43.2 Å². The Bertz CT molecular complexity index is 961. The van der Waals surface area contributed by atoms with Crippen LogP contribution in [0.4, 0.5) is 0 Å². The first kappa shape index (κ1) is 20.4. The largest absolute Gasteiger partial charge is 0.497 e. The van der Waals surface area contributed by atoms with Crippen molar-refractivity contribution in [3.63, 3.8) is 0 Å². The minimum absolute atomic E-state index is 0.0760. The highest BCUT2D eigenvalue weighted by molar-refractivity contribution is 5.84. The Morgan fingerprint density at radius 1 is 1.17 bits per heavy atom. The summed E-state index contributed by atoms with van der Waals surface area (Å²) in [5, 5.41) is 4.34. The third-order valence-corrected chi connectivity index (χ3v) is 5.78. The van der Waals surface area contributed by atoms with E-state index in [2.05, 4.69) is 39.5 Å². The van der Waals surface area contributed by atoms with Crippen LogP contribution in [-0.2, 0) is 16.0 Å². The molecule has 1 saturated heterocycles. The maximum Gasteiger partial charge on any atom is 0.220 e. The molecule has 158 valence electrons. The third kappa shape index (κ3) is 4.83. The van der Waals surface area contributed by atoms with Gasteiger partial charge in [0.1, 0.15) is 5.75 Å². The Labute approximate surface area is 177 Å². The number of aromatic amines is 1. The number of carbonyl (C=O) groups excluding carboxylic acids is 1. The summed E-state index contributed by atoms with van der Waals surface area (Å²) in [6, 6.07) is 16.4. The number of benzene rings is 2. The van der Waals surface area contributed by atoms with Gasteiger partial charge in [-0.05, 0) is 35.7 Å². The molecule has 1 aromatic heterocycles. The van der Waals surface area contributed by atoms with Crippen LogP contribution in [0.3, 0.4) is 0 Å². The van der Waals surface area contributed by atoms with E-state index in [-0.39, 0.29) is 11.9 Å². The number of para-hydroxylation sites is 1. The SMILES string of the molecule is COc1ccc([C@@H](CNC(=O)CCc2c[nH]c3ccccc23)N2CCOCC2)cc1. The first-order chi connectivity index (χ1) is 14.7. The maximum absolute atomic E-state index is 12.6. The number of morpholine rings is 1. The molecule has 2 heterocycles. The molecule has 0 spiro atoms. The van der Waals surface area contributed by atoms with E-state index in [0.29, 0.717) is 13.0 Å². The summed E-state index contributed by atoms with van der Waals surface area (Å²) in [7, 11) is 1.67. The lowest BCUT2D eigenvalue weighted by atomic mass is 10.0. The van der Waals surface area contributed by atoms with E-state index in [1.807, 2.05) is 30.5 Å². The number of hydrogen-bond acceptors (Lipinski definition) is 4. The quantitative estimate of drug-likeness (QED) is 0.601. The van der Waals surface area contributed by atoms with Crippen LogP contribution in [0.25, 0.3) is 10.9 Å². The van der Waals surface area contributed by atoms with E-state index in [9.17, 15) is 4.79 Å². The molecule has 0 bridgehead atoms. The summed E-state index contributed by atoms with van der Waals surface area (Å²) in [5.41, 5.74) is 3.47. The number of methoxy groups -OCH3 is 1. The zero-order valence-corrected chi connectivity index (χ0v) is 17.4. The van der Waals surface area contributed by atoms with Crippen molar-refractivity contribution in [1.82, 2.24) is 15.2 Å². The second kappa shape index (κ2) is 9.78.